The first-order chi connectivity index (χ1) is 45.4. The molecule has 3 aromatic carbocycles. The van der Waals surface area contributed by atoms with Gasteiger partial charge in [0.1, 0.15) is 64.0 Å². The molecule has 0 radical (unpaired) electrons. The number of nitrogens with one attached hydrogen (secondary N) is 3. The van der Waals surface area contributed by atoms with E-state index in [9.17, 15) is 50.0 Å². The van der Waals surface area contributed by atoms with Gasteiger partial charge in [0.05, 0.1) is 88.4 Å². The lowest BCUT2D eigenvalue weighted by molar-refractivity contribution is -0.363. The Kier molecular flexibility index (Phi) is 30.7. The van der Waals surface area contributed by atoms with Crippen LogP contribution in [-0.4, -0.2) is 99.5 Å². The number of nitrogens with two attached hydrogens (primary N) is 3. The summed E-state index contributed by atoms with van der Waals surface area (Å²) in [7, 11) is 0. The smallest absolute Gasteiger partial charge is 0.419 e. The SMILES string of the molecule is CC(C)CN.CCOC(CCl)(OCC)OCC.CCOc1ccc(-c2cc(N)c(N)c(C#N)n2)cc1C(F)(F)F.CCOc1ccc(-c2cc3[nH]c(CCl)nc3c(C#N)n2)cc1C(F)(F)F.CCOc1ccc(-c2cc3[nH]c(CNCC(C)C)nc3c(C#N)n2)cc1C(F)(F)F. The van der Waals surface area contributed by atoms with E-state index in [0.717, 1.165) is 31.3 Å². The Bertz CT molecular complexity index is 3940. The molecule has 8 aromatic rings. The number of aromatic nitrogens is 7. The van der Waals surface area contributed by atoms with Crippen LogP contribution >= 0.6 is 23.2 Å². The number of hydrogen-bond acceptors (Lipinski definition) is 18. The summed E-state index contributed by atoms with van der Waals surface area (Å²) in [6.07, 6.45) is -13.7. The second kappa shape index (κ2) is 37.0. The summed E-state index contributed by atoms with van der Waals surface area (Å²) < 4.78 is 151. The number of aromatic amines is 2. The average molecular weight is 1390 g/mol. The van der Waals surface area contributed by atoms with Crippen molar-refractivity contribution in [1.29, 1.82) is 15.8 Å². The Morgan fingerprint density at radius 2 is 0.865 bits per heavy atom. The van der Waals surface area contributed by atoms with E-state index in [-0.39, 0.29) is 111 Å². The van der Waals surface area contributed by atoms with Crippen molar-refractivity contribution in [3.8, 4) is 69.2 Å². The van der Waals surface area contributed by atoms with Crippen LogP contribution in [0.25, 0.3) is 55.8 Å². The Morgan fingerprint density at radius 3 is 1.18 bits per heavy atom. The van der Waals surface area contributed by atoms with Crippen molar-refractivity contribution < 1.29 is 67.9 Å². The van der Waals surface area contributed by atoms with E-state index >= 15 is 0 Å². The van der Waals surface area contributed by atoms with Crippen LogP contribution in [-0.2, 0) is 45.2 Å². The van der Waals surface area contributed by atoms with Gasteiger partial charge in [-0.15, -0.1) is 23.2 Å². The maximum Gasteiger partial charge on any atom is 0.419 e. The Morgan fingerprint density at radius 1 is 0.510 bits per heavy atom. The molecule has 0 aliphatic heterocycles. The molecular weight excluding hydrogens is 1310 g/mol. The topological polar surface area (TPSA) is 313 Å². The van der Waals surface area contributed by atoms with Crippen LogP contribution in [0.2, 0.25) is 0 Å². The number of ether oxygens (including phenoxy) is 6. The van der Waals surface area contributed by atoms with Gasteiger partial charge < -0.3 is 60.9 Å². The molecule has 5 aromatic heterocycles. The van der Waals surface area contributed by atoms with Crippen molar-refractivity contribution in [2.75, 3.05) is 70.1 Å². The van der Waals surface area contributed by atoms with Crippen LogP contribution in [0.1, 0.15) is 115 Å². The zero-order valence-electron chi connectivity index (χ0n) is 54.3. The van der Waals surface area contributed by atoms with Crippen LogP contribution in [0.3, 0.4) is 0 Å². The number of rotatable bonds is 22. The molecular formula is C65H75Cl2F9N14O6. The zero-order valence-corrected chi connectivity index (χ0v) is 55.8. The van der Waals surface area contributed by atoms with Gasteiger partial charge in [-0.05, 0) is 139 Å². The molecule has 0 saturated heterocycles. The van der Waals surface area contributed by atoms with Crippen molar-refractivity contribution in [3.05, 3.63) is 118 Å². The van der Waals surface area contributed by atoms with Gasteiger partial charge in [-0.1, -0.05) is 27.7 Å². The summed E-state index contributed by atoms with van der Waals surface area (Å²) in [5.41, 5.74) is 16.7. The summed E-state index contributed by atoms with van der Waals surface area (Å²) in [4.78, 5) is 26.9. The number of nitrogen functional groups attached to an aromatic ring is 2. The lowest BCUT2D eigenvalue weighted by atomic mass is 10.0. The van der Waals surface area contributed by atoms with Gasteiger partial charge in [-0.3, -0.25) is 0 Å². The summed E-state index contributed by atoms with van der Waals surface area (Å²) in [6.45, 7) is 22.8. The number of halogens is 11. The Balaban J connectivity index is 0.000000275. The third-order valence-electron chi connectivity index (χ3n) is 12.8. The molecule has 0 saturated carbocycles. The fourth-order valence-electron chi connectivity index (χ4n) is 8.49. The van der Waals surface area contributed by atoms with E-state index in [4.69, 9.17) is 74.1 Å². The molecule has 518 valence electrons. The monoisotopic (exact) mass is 1390 g/mol. The van der Waals surface area contributed by atoms with Crippen molar-refractivity contribution in [3.63, 3.8) is 0 Å². The first-order valence-electron chi connectivity index (χ1n) is 29.9. The molecule has 0 amide bonds. The number of alkyl halides is 11. The minimum atomic E-state index is -4.59. The number of pyridine rings is 3. The fraction of sp³-hybridized carbons (Fsp3) is 0.415. The van der Waals surface area contributed by atoms with Crippen LogP contribution in [0, 0.1) is 45.8 Å². The number of benzene rings is 3. The molecule has 9 N–H and O–H groups in total. The summed E-state index contributed by atoms with van der Waals surface area (Å²) in [5.74, 6) is 0.691. The van der Waals surface area contributed by atoms with Crippen molar-refractivity contribution in [2.45, 2.75) is 106 Å². The largest absolute Gasteiger partial charge is 0.493 e. The number of fused-ring (bicyclic) bond motifs is 2. The molecule has 96 heavy (non-hydrogen) atoms. The molecule has 0 aliphatic rings. The van der Waals surface area contributed by atoms with E-state index in [1.165, 1.54) is 48.5 Å². The molecule has 8 rings (SSSR count). The average Bonchev–Trinajstić information content (AvgIpc) is 1.45. The van der Waals surface area contributed by atoms with E-state index in [1.54, 1.807) is 32.9 Å². The standard InChI is InChI=1S/C21H22F3N5O.C17H12ClF3N4O.C15H13F3N4O.C8H17ClO3.C4H11N/c1-4-30-18-6-5-13(7-14(18)21(22,23)24)15-8-16-20(17(9-25)27-15)29-19(28-16)11-26-10-12(2)3;1-2-26-14-4-3-9(5-10(14)17(19,20)21)11-6-12-16(13(8-22)23-11)25-15(7-18)24-12;1-2-23-13-4-3-8(5-9(13)15(16,17)18)11-6-10(20)14(21)12(7-19)22-11;1-4-10-8(7-9,11-5-2)12-6-3;1-4(2)3-5/h5-8,12,26H,4,10-11H2,1-3H3,(H,28,29);3-6H,2,7H2,1H3,(H,24,25);3-6H,2,21H2,1H3,(H2,20,22);4-7H2,1-3H3;4H,3,5H2,1-2H3. The van der Waals surface area contributed by atoms with Gasteiger partial charge in [0.15, 0.2) is 17.1 Å². The Hall–Kier alpha value is -8.73. The van der Waals surface area contributed by atoms with Crippen LogP contribution in [0.4, 0.5) is 50.9 Å². The third-order valence-corrected chi connectivity index (χ3v) is 13.4. The minimum Gasteiger partial charge on any atom is -0.493 e. The molecule has 20 nitrogen and oxygen atoms in total. The second-order valence-electron chi connectivity index (χ2n) is 20.9. The van der Waals surface area contributed by atoms with Gasteiger partial charge in [-0.25, -0.2) is 24.9 Å². The highest BCUT2D eigenvalue weighted by atomic mass is 35.5. The number of H-pyrrole nitrogens is 2. The molecule has 31 heteroatoms. The normalized spacial score (nSPS) is 11.5. The summed E-state index contributed by atoms with van der Waals surface area (Å²) in [6, 6.07) is 21.1. The molecule has 5 heterocycles. The van der Waals surface area contributed by atoms with Gasteiger partial charge in [0, 0.05) is 36.5 Å². The van der Waals surface area contributed by atoms with Crippen LogP contribution in [0.15, 0.2) is 72.8 Å². The van der Waals surface area contributed by atoms with Crippen LogP contribution < -0.4 is 36.7 Å². The number of nitriles is 3. The molecule has 0 atom stereocenters. The predicted octanol–water partition coefficient (Wildman–Crippen LogP) is 15.1. The third kappa shape index (κ3) is 22.4. The van der Waals surface area contributed by atoms with E-state index in [1.807, 2.05) is 32.9 Å². The van der Waals surface area contributed by atoms with E-state index in [2.05, 4.69) is 67.9 Å². The highest BCUT2D eigenvalue weighted by molar-refractivity contribution is 6.18. The highest BCUT2D eigenvalue weighted by Gasteiger charge is 2.38. The van der Waals surface area contributed by atoms with Gasteiger partial charge in [0.2, 0.25) is 0 Å². The molecule has 0 bridgehead atoms. The summed E-state index contributed by atoms with van der Waals surface area (Å²) >= 11 is 11.4. The van der Waals surface area contributed by atoms with Gasteiger partial charge in [0.25, 0.3) is 5.97 Å². The number of nitrogens with zero attached hydrogens (tertiary/aromatic N) is 8. The predicted molar refractivity (Wildman–Crippen MR) is 348 cm³/mol. The van der Waals surface area contributed by atoms with Crippen LogP contribution in [0.5, 0.6) is 17.2 Å². The van der Waals surface area contributed by atoms with Crippen molar-refractivity contribution >= 4 is 56.6 Å². The molecule has 0 aliphatic carbocycles. The number of imidazole rings is 2. The minimum absolute atomic E-state index is 0.00164. The Labute approximate surface area is 559 Å². The highest BCUT2D eigenvalue weighted by Crippen LogP contribution is 2.42. The second-order valence-corrected chi connectivity index (χ2v) is 21.4. The van der Waals surface area contributed by atoms with Crippen molar-refractivity contribution in [1.82, 2.24) is 40.2 Å². The number of anilines is 2. The maximum atomic E-state index is 13.5. The van der Waals surface area contributed by atoms with E-state index < -0.39 is 41.2 Å². The van der Waals surface area contributed by atoms with Gasteiger partial charge >= 0.3 is 18.5 Å². The summed E-state index contributed by atoms with van der Waals surface area (Å²) in [5, 5.41) is 31.0. The maximum absolute atomic E-state index is 13.5. The first-order valence-corrected chi connectivity index (χ1v) is 31.0. The molecule has 0 spiro atoms. The molecule has 0 unspecified atom stereocenters. The fourth-order valence-corrected chi connectivity index (χ4v) is 8.85. The quantitative estimate of drug-likeness (QED) is 0.0209. The van der Waals surface area contributed by atoms with Crippen molar-refractivity contribution in [2.24, 2.45) is 17.6 Å². The number of hydrogen-bond donors (Lipinski definition) is 6. The molecule has 0 fully saturated rings. The lowest BCUT2D eigenvalue weighted by Crippen LogP contribution is -2.41. The zero-order chi connectivity index (χ0) is 71.7. The van der Waals surface area contributed by atoms with Gasteiger partial charge in [-0.2, -0.15) is 55.3 Å². The lowest BCUT2D eigenvalue weighted by Gasteiger charge is -2.29. The van der Waals surface area contributed by atoms with E-state index in [0.29, 0.717) is 71.9 Å². The first kappa shape index (κ1) is 79.7.